The summed E-state index contributed by atoms with van der Waals surface area (Å²) in [5, 5.41) is 11.4. The lowest BCUT2D eigenvalue weighted by Crippen LogP contribution is -2.41. The molecule has 126 valence electrons. The number of rotatable bonds is 5. The van der Waals surface area contributed by atoms with Gasteiger partial charge in [-0.3, -0.25) is 4.79 Å². The molecule has 1 saturated heterocycles. The predicted octanol–water partition coefficient (Wildman–Crippen LogP) is 3.00. The van der Waals surface area contributed by atoms with Crippen molar-refractivity contribution in [3.05, 3.63) is 35.9 Å². The highest BCUT2D eigenvalue weighted by Crippen LogP contribution is 2.34. The summed E-state index contributed by atoms with van der Waals surface area (Å²) in [4.78, 5) is 24.5. The molecule has 5 nitrogen and oxygen atoms in total. The molecule has 1 aromatic rings. The number of hydrogen-bond donors (Lipinski definition) is 2. The number of nitrogens with zero attached hydrogens (tertiary/aromatic N) is 1. The maximum atomic E-state index is 12.2. The van der Waals surface area contributed by atoms with Gasteiger partial charge in [0.25, 0.3) is 0 Å². The van der Waals surface area contributed by atoms with Gasteiger partial charge in [0, 0.05) is 26.1 Å². The molecule has 0 aromatic heterocycles. The zero-order chi connectivity index (χ0) is 16.7. The lowest BCUT2D eigenvalue weighted by Gasteiger charge is -2.29. The third kappa shape index (κ3) is 4.98. The van der Waals surface area contributed by atoms with Crippen LogP contribution in [-0.4, -0.2) is 41.6 Å². The molecule has 1 atom stereocenters. The first-order chi connectivity index (χ1) is 11.0. The molecule has 5 heteroatoms. The standard InChI is InChI=1S/C18H26N2O3/c1-18(15-7-3-2-4-8-15)10-6-13-20(14-11-18)17(23)19-12-5-9-16(21)22/h2-4,7-8H,5-6,9-14H2,1H3,(H,19,23)(H,21,22). The van der Waals surface area contributed by atoms with Crippen molar-refractivity contribution in [2.75, 3.05) is 19.6 Å². The van der Waals surface area contributed by atoms with Gasteiger partial charge in [-0.2, -0.15) is 0 Å². The maximum Gasteiger partial charge on any atom is 0.317 e. The summed E-state index contributed by atoms with van der Waals surface area (Å²) in [7, 11) is 0. The summed E-state index contributed by atoms with van der Waals surface area (Å²) < 4.78 is 0. The van der Waals surface area contributed by atoms with Gasteiger partial charge in [0.15, 0.2) is 0 Å². The van der Waals surface area contributed by atoms with Crippen molar-refractivity contribution in [1.29, 1.82) is 0 Å². The molecule has 1 fully saturated rings. The highest BCUT2D eigenvalue weighted by molar-refractivity contribution is 5.74. The Morgan fingerprint density at radius 2 is 1.96 bits per heavy atom. The Morgan fingerprint density at radius 1 is 1.22 bits per heavy atom. The van der Waals surface area contributed by atoms with Crippen LogP contribution in [0.3, 0.4) is 0 Å². The van der Waals surface area contributed by atoms with Crippen LogP contribution >= 0.6 is 0 Å². The molecule has 1 heterocycles. The molecule has 2 rings (SSSR count). The Kier molecular flexibility index (Phi) is 6.02. The Hall–Kier alpha value is -2.04. The zero-order valence-corrected chi connectivity index (χ0v) is 13.8. The maximum absolute atomic E-state index is 12.2. The molecule has 0 saturated carbocycles. The second-order valence-corrected chi connectivity index (χ2v) is 6.50. The molecule has 1 aliphatic heterocycles. The number of carboxylic acids is 1. The van der Waals surface area contributed by atoms with Crippen molar-refractivity contribution < 1.29 is 14.7 Å². The molecule has 0 bridgehead atoms. The van der Waals surface area contributed by atoms with Crippen LogP contribution in [-0.2, 0) is 10.2 Å². The van der Waals surface area contributed by atoms with Crippen LogP contribution in [0.5, 0.6) is 0 Å². The minimum absolute atomic E-state index is 0.0762. The first-order valence-electron chi connectivity index (χ1n) is 8.31. The number of likely N-dealkylation sites (tertiary alicyclic amines) is 1. The number of carbonyl (C=O) groups is 2. The van der Waals surface area contributed by atoms with Crippen LogP contribution in [0, 0.1) is 0 Å². The van der Waals surface area contributed by atoms with Crippen molar-refractivity contribution in [1.82, 2.24) is 10.2 Å². The Bertz CT molecular complexity index is 532. The first kappa shape index (κ1) is 17.3. The predicted molar refractivity (Wildman–Crippen MR) is 89.5 cm³/mol. The largest absolute Gasteiger partial charge is 0.481 e. The van der Waals surface area contributed by atoms with E-state index in [4.69, 9.17) is 5.11 Å². The second-order valence-electron chi connectivity index (χ2n) is 6.50. The van der Waals surface area contributed by atoms with Crippen molar-refractivity contribution in [2.24, 2.45) is 0 Å². The molecule has 1 aliphatic rings. The van der Waals surface area contributed by atoms with Gasteiger partial charge in [0.2, 0.25) is 0 Å². The average molecular weight is 318 g/mol. The van der Waals surface area contributed by atoms with E-state index in [1.807, 2.05) is 11.0 Å². The van der Waals surface area contributed by atoms with Crippen LogP contribution in [0.4, 0.5) is 4.79 Å². The number of benzene rings is 1. The summed E-state index contributed by atoms with van der Waals surface area (Å²) >= 11 is 0. The highest BCUT2D eigenvalue weighted by atomic mass is 16.4. The first-order valence-corrected chi connectivity index (χ1v) is 8.31. The van der Waals surface area contributed by atoms with E-state index in [1.165, 1.54) is 5.56 Å². The van der Waals surface area contributed by atoms with Crippen molar-refractivity contribution in [3.8, 4) is 0 Å². The van der Waals surface area contributed by atoms with Gasteiger partial charge in [-0.1, -0.05) is 37.3 Å². The summed E-state index contributed by atoms with van der Waals surface area (Å²) in [5.41, 5.74) is 1.45. The van der Waals surface area contributed by atoms with E-state index in [9.17, 15) is 9.59 Å². The Labute approximate surface area is 137 Å². The second kappa shape index (κ2) is 7.99. The fraction of sp³-hybridized carbons (Fsp3) is 0.556. The number of carboxylic acid groups (broad SMARTS) is 1. The normalized spacial score (nSPS) is 21.5. The molecule has 1 unspecified atom stereocenters. The van der Waals surface area contributed by atoms with E-state index < -0.39 is 5.97 Å². The average Bonchev–Trinajstić information content (AvgIpc) is 2.75. The van der Waals surface area contributed by atoms with Gasteiger partial charge in [0.05, 0.1) is 0 Å². The van der Waals surface area contributed by atoms with E-state index in [0.29, 0.717) is 13.0 Å². The summed E-state index contributed by atoms with van der Waals surface area (Å²) in [5.74, 6) is -0.826. The third-order valence-electron chi connectivity index (χ3n) is 4.69. The van der Waals surface area contributed by atoms with Crippen molar-refractivity contribution in [2.45, 2.75) is 44.4 Å². The van der Waals surface area contributed by atoms with E-state index >= 15 is 0 Å². The third-order valence-corrected chi connectivity index (χ3v) is 4.69. The summed E-state index contributed by atoms with van der Waals surface area (Å²) in [6.45, 7) is 4.18. The van der Waals surface area contributed by atoms with Gasteiger partial charge in [0.1, 0.15) is 0 Å². The minimum atomic E-state index is -0.826. The van der Waals surface area contributed by atoms with E-state index in [-0.39, 0.29) is 17.9 Å². The molecular weight excluding hydrogens is 292 g/mol. The molecule has 23 heavy (non-hydrogen) atoms. The van der Waals surface area contributed by atoms with Gasteiger partial charge in [-0.15, -0.1) is 0 Å². The number of aliphatic carboxylic acids is 1. The van der Waals surface area contributed by atoms with Crippen molar-refractivity contribution >= 4 is 12.0 Å². The van der Waals surface area contributed by atoms with Gasteiger partial charge in [-0.25, -0.2) is 4.79 Å². The molecule has 1 aromatic carbocycles. The number of urea groups is 1. The lowest BCUT2D eigenvalue weighted by atomic mass is 9.76. The molecular formula is C18H26N2O3. The van der Waals surface area contributed by atoms with Gasteiger partial charge < -0.3 is 15.3 Å². The number of carbonyl (C=O) groups excluding carboxylic acids is 1. The smallest absolute Gasteiger partial charge is 0.317 e. The fourth-order valence-electron chi connectivity index (χ4n) is 3.16. The van der Waals surface area contributed by atoms with E-state index in [2.05, 4.69) is 36.5 Å². The Balaban J connectivity index is 1.86. The molecule has 0 radical (unpaired) electrons. The summed E-state index contributed by atoms with van der Waals surface area (Å²) in [6.07, 6.45) is 3.55. The number of amides is 2. The van der Waals surface area contributed by atoms with Crippen molar-refractivity contribution in [3.63, 3.8) is 0 Å². The lowest BCUT2D eigenvalue weighted by molar-refractivity contribution is -0.137. The fourth-order valence-corrected chi connectivity index (χ4v) is 3.16. The molecule has 2 N–H and O–H groups in total. The molecule has 2 amide bonds. The number of hydrogen-bond acceptors (Lipinski definition) is 2. The van der Waals surface area contributed by atoms with Crippen LogP contribution < -0.4 is 5.32 Å². The zero-order valence-electron chi connectivity index (χ0n) is 13.8. The van der Waals surface area contributed by atoms with Gasteiger partial charge >= 0.3 is 12.0 Å². The van der Waals surface area contributed by atoms with E-state index in [0.717, 1.165) is 32.4 Å². The van der Waals surface area contributed by atoms with Crippen LogP contribution in [0.15, 0.2) is 30.3 Å². The van der Waals surface area contributed by atoms with E-state index in [1.54, 1.807) is 0 Å². The topological polar surface area (TPSA) is 69.6 Å². The van der Waals surface area contributed by atoms with Gasteiger partial charge in [-0.05, 0) is 36.7 Å². The SMILES string of the molecule is CC1(c2ccccc2)CCCN(C(=O)NCCCC(=O)O)CC1. The minimum Gasteiger partial charge on any atom is -0.481 e. The molecule has 0 spiro atoms. The Morgan fingerprint density at radius 3 is 2.65 bits per heavy atom. The van der Waals surface area contributed by atoms with Crippen LogP contribution in [0.1, 0.15) is 44.6 Å². The van der Waals surface area contributed by atoms with Crippen LogP contribution in [0.2, 0.25) is 0 Å². The number of nitrogens with one attached hydrogen (secondary N) is 1. The van der Waals surface area contributed by atoms with Crippen LogP contribution in [0.25, 0.3) is 0 Å². The highest BCUT2D eigenvalue weighted by Gasteiger charge is 2.30. The quantitative estimate of drug-likeness (QED) is 0.820. The molecule has 0 aliphatic carbocycles. The summed E-state index contributed by atoms with van der Waals surface area (Å²) in [6, 6.07) is 10.4. The monoisotopic (exact) mass is 318 g/mol.